The summed E-state index contributed by atoms with van der Waals surface area (Å²) in [7, 11) is 0. The molecule has 4 aromatic rings. The van der Waals surface area contributed by atoms with Crippen LogP contribution in [0.2, 0.25) is 0 Å². The average molecular weight is 379 g/mol. The number of rotatable bonds is 4. The predicted octanol–water partition coefficient (Wildman–Crippen LogP) is 5.37. The van der Waals surface area contributed by atoms with E-state index in [4.69, 9.17) is 0 Å². The number of carbonyl (C=O) groups is 1. The van der Waals surface area contributed by atoms with Crippen molar-refractivity contribution in [3.63, 3.8) is 0 Å². The van der Waals surface area contributed by atoms with E-state index in [-0.39, 0.29) is 5.91 Å². The van der Waals surface area contributed by atoms with Crippen LogP contribution in [-0.4, -0.2) is 16.1 Å². The normalized spacial score (nSPS) is 10.4. The van der Waals surface area contributed by atoms with E-state index in [1.165, 1.54) is 0 Å². The number of anilines is 1. The van der Waals surface area contributed by atoms with Crippen LogP contribution in [0.5, 0.6) is 0 Å². The third kappa shape index (κ3) is 4.36. The second kappa shape index (κ2) is 8.45. The molecule has 0 spiro atoms. The van der Waals surface area contributed by atoms with Crippen LogP contribution in [-0.2, 0) is 4.79 Å². The Balaban J connectivity index is 1.54. The van der Waals surface area contributed by atoms with Crippen LogP contribution in [0.25, 0.3) is 22.0 Å². The topological polar surface area (TPSA) is 57.8 Å². The fourth-order valence-electron chi connectivity index (χ4n) is 3.13. The Bertz CT molecular complexity index is 1200. The third-order valence-corrected chi connectivity index (χ3v) is 4.64. The number of aromatic amines is 1. The van der Waals surface area contributed by atoms with E-state index in [9.17, 15) is 4.79 Å². The molecule has 0 atom stereocenters. The van der Waals surface area contributed by atoms with Gasteiger partial charge in [0.1, 0.15) is 0 Å². The molecule has 3 aromatic carbocycles. The summed E-state index contributed by atoms with van der Waals surface area (Å²) in [6.07, 6.45) is 1.30. The Kier molecular flexibility index (Phi) is 5.40. The summed E-state index contributed by atoms with van der Waals surface area (Å²) >= 11 is 0. The van der Waals surface area contributed by atoms with Crippen LogP contribution in [0.1, 0.15) is 30.9 Å². The van der Waals surface area contributed by atoms with Gasteiger partial charge in [-0.05, 0) is 53.9 Å². The van der Waals surface area contributed by atoms with Crippen LogP contribution in [0.3, 0.4) is 0 Å². The second-order valence-corrected chi connectivity index (χ2v) is 6.82. The summed E-state index contributed by atoms with van der Waals surface area (Å²) in [5.74, 6) is 6.93. The lowest BCUT2D eigenvalue weighted by atomic mass is 10.0. The van der Waals surface area contributed by atoms with Crippen LogP contribution >= 0.6 is 0 Å². The molecule has 0 aliphatic carbocycles. The molecule has 1 heterocycles. The lowest BCUT2D eigenvalue weighted by molar-refractivity contribution is -0.116. The van der Waals surface area contributed by atoms with E-state index in [1.807, 2.05) is 67.6 Å². The number of aromatic nitrogens is 2. The zero-order chi connectivity index (χ0) is 20.1. The maximum atomic E-state index is 11.8. The first kappa shape index (κ1) is 18.5. The number of hydrogen-bond acceptors (Lipinski definition) is 2. The number of nitrogens with one attached hydrogen (secondary N) is 2. The molecule has 4 heteroatoms. The van der Waals surface area contributed by atoms with Gasteiger partial charge in [0.25, 0.3) is 0 Å². The van der Waals surface area contributed by atoms with Gasteiger partial charge >= 0.3 is 0 Å². The van der Waals surface area contributed by atoms with Crippen molar-refractivity contribution in [2.75, 3.05) is 5.32 Å². The highest BCUT2D eigenvalue weighted by atomic mass is 16.1. The van der Waals surface area contributed by atoms with Gasteiger partial charge in [-0.25, -0.2) is 0 Å². The summed E-state index contributed by atoms with van der Waals surface area (Å²) < 4.78 is 0. The molecule has 0 radical (unpaired) electrons. The van der Waals surface area contributed by atoms with Gasteiger partial charge in [0, 0.05) is 22.9 Å². The zero-order valence-corrected chi connectivity index (χ0v) is 16.2. The highest BCUT2D eigenvalue weighted by Crippen LogP contribution is 2.27. The highest BCUT2D eigenvalue weighted by molar-refractivity contribution is 6.00. The van der Waals surface area contributed by atoms with Gasteiger partial charge in [-0.15, -0.1) is 0 Å². The second-order valence-electron chi connectivity index (χ2n) is 6.82. The van der Waals surface area contributed by atoms with Crippen molar-refractivity contribution in [2.45, 2.75) is 19.8 Å². The first-order valence-electron chi connectivity index (χ1n) is 9.68. The molecule has 0 fully saturated rings. The molecule has 0 aliphatic heterocycles. The van der Waals surface area contributed by atoms with E-state index in [1.54, 1.807) is 0 Å². The predicted molar refractivity (Wildman–Crippen MR) is 117 cm³/mol. The fourth-order valence-corrected chi connectivity index (χ4v) is 3.13. The first-order valence-corrected chi connectivity index (χ1v) is 9.68. The van der Waals surface area contributed by atoms with Crippen molar-refractivity contribution in [2.24, 2.45) is 0 Å². The Morgan fingerprint density at radius 3 is 2.34 bits per heavy atom. The molecule has 0 aliphatic rings. The lowest BCUT2D eigenvalue weighted by Crippen LogP contribution is -2.10. The Morgan fingerprint density at radius 1 is 0.931 bits per heavy atom. The molecule has 142 valence electrons. The zero-order valence-electron chi connectivity index (χ0n) is 16.2. The Labute approximate surface area is 170 Å². The maximum Gasteiger partial charge on any atom is 0.225 e. The number of amides is 1. The minimum Gasteiger partial charge on any atom is -0.309 e. The van der Waals surface area contributed by atoms with Crippen LogP contribution in [0.4, 0.5) is 5.82 Å². The highest BCUT2D eigenvalue weighted by Gasteiger charge is 2.10. The first-order chi connectivity index (χ1) is 14.2. The fraction of sp³-hybridized carbons (Fsp3) is 0.120. The molecule has 0 bridgehead atoms. The molecule has 1 amide bonds. The van der Waals surface area contributed by atoms with Gasteiger partial charge in [0.05, 0.1) is 5.52 Å². The van der Waals surface area contributed by atoms with Crippen LogP contribution < -0.4 is 5.32 Å². The summed E-state index contributed by atoms with van der Waals surface area (Å²) in [6, 6.07) is 24.2. The number of carbonyl (C=O) groups excluding carboxylic acids is 1. The quantitative estimate of drug-likeness (QED) is 0.469. The number of benzene rings is 3. The van der Waals surface area contributed by atoms with E-state index in [0.717, 1.165) is 39.6 Å². The van der Waals surface area contributed by atoms with Crippen molar-refractivity contribution < 1.29 is 4.79 Å². The van der Waals surface area contributed by atoms with Gasteiger partial charge in [-0.1, -0.05) is 55.2 Å². The number of fused-ring (bicyclic) bond motifs is 1. The Morgan fingerprint density at radius 2 is 1.62 bits per heavy atom. The minimum absolute atomic E-state index is 0.0165. The van der Waals surface area contributed by atoms with Crippen LogP contribution in [0.15, 0.2) is 72.8 Å². The molecule has 29 heavy (non-hydrogen) atoms. The molecule has 2 N–H and O–H groups in total. The summed E-state index contributed by atoms with van der Waals surface area (Å²) in [4.78, 5) is 11.8. The number of hydrogen-bond donors (Lipinski definition) is 2. The van der Waals surface area contributed by atoms with Crippen molar-refractivity contribution in [3.05, 3.63) is 83.9 Å². The summed E-state index contributed by atoms with van der Waals surface area (Å²) in [5.41, 5.74) is 5.05. The molecule has 4 nitrogen and oxygen atoms in total. The van der Waals surface area contributed by atoms with Crippen molar-refractivity contribution in [1.82, 2.24) is 10.2 Å². The molecule has 4 rings (SSSR count). The number of H-pyrrole nitrogens is 1. The van der Waals surface area contributed by atoms with E-state index in [2.05, 4.69) is 39.5 Å². The van der Waals surface area contributed by atoms with Gasteiger partial charge in [0.15, 0.2) is 5.82 Å². The molecule has 0 unspecified atom stereocenters. The van der Waals surface area contributed by atoms with E-state index >= 15 is 0 Å². The van der Waals surface area contributed by atoms with Crippen molar-refractivity contribution >= 4 is 22.6 Å². The van der Waals surface area contributed by atoms with Gasteiger partial charge in [0.2, 0.25) is 5.91 Å². The molecular weight excluding hydrogens is 358 g/mol. The standard InChI is InChI=1S/C25H21N3O/c1-2-6-24(29)26-25-22-16-15-21(17-23(22)27-28-25)20-13-11-19(12-14-20)10-9-18-7-4-3-5-8-18/h3-5,7-8,11-17H,2,6H2,1H3,(H2,26,27,28,29). The molecular formula is C25H21N3O. The average Bonchev–Trinajstić information content (AvgIpc) is 3.15. The van der Waals surface area contributed by atoms with Crippen molar-refractivity contribution in [1.29, 1.82) is 0 Å². The minimum atomic E-state index is -0.0165. The molecule has 1 aromatic heterocycles. The van der Waals surface area contributed by atoms with Crippen LogP contribution in [0, 0.1) is 11.8 Å². The SMILES string of the molecule is CCCC(=O)Nc1n[nH]c2cc(-c3ccc(C#Cc4ccccc4)cc3)ccc12. The largest absolute Gasteiger partial charge is 0.309 e. The maximum absolute atomic E-state index is 11.8. The molecule has 0 saturated carbocycles. The van der Waals surface area contributed by atoms with Gasteiger partial charge in [-0.2, -0.15) is 5.10 Å². The smallest absolute Gasteiger partial charge is 0.225 e. The number of nitrogens with zero attached hydrogens (tertiary/aromatic N) is 1. The van der Waals surface area contributed by atoms with Gasteiger partial charge < -0.3 is 5.32 Å². The lowest BCUT2D eigenvalue weighted by Gasteiger charge is -2.03. The summed E-state index contributed by atoms with van der Waals surface area (Å²) in [6.45, 7) is 1.98. The van der Waals surface area contributed by atoms with E-state index < -0.39 is 0 Å². The Hall–Kier alpha value is -3.84. The van der Waals surface area contributed by atoms with Crippen molar-refractivity contribution in [3.8, 4) is 23.0 Å². The monoisotopic (exact) mass is 379 g/mol. The third-order valence-electron chi connectivity index (χ3n) is 4.64. The summed E-state index contributed by atoms with van der Waals surface area (Å²) in [5, 5.41) is 11.0. The molecule has 0 saturated heterocycles. The van der Waals surface area contributed by atoms with Gasteiger partial charge in [-0.3, -0.25) is 9.89 Å². The van der Waals surface area contributed by atoms with E-state index in [0.29, 0.717) is 12.2 Å².